The number of ether oxygens (including phenoxy) is 1. The minimum absolute atomic E-state index is 0.170. The van der Waals surface area contributed by atoms with Gasteiger partial charge in [-0.3, -0.25) is 0 Å². The highest BCUT2D eigenvalue weighted by Gasteiger charge is 2.44. The van der Waals surface area contributed by atoms with E-state index in [1.165, 1.54) is 24.8 Å². The van der Waals surface area contributed by atoms with Crippen molar-refractivity contribution in [3.05, 3.63) is 35.4 Å². The van der Waals surface area contributed by atoms with E-state index in [-0.39, 0.29) is 5.60 Å². The molecule has 1 aromatic rings. The van der Waals surface area contributed by atoms with Gasteiger partial charge in [0.25, 0.3) is 0 Å². The van der Waals surface area contributed by atoms with Crippen LogP contribution in [0.4, 0.5) is 0 Å². The molecule has 0 saturated heterocycles. The average molecular weight is 300 g/mol. The molecule has 0 radical (unpaired) electrons. The summed E-state index contributed by atoms with van der Waals surface area (Å²) in [6.07, 6.45) is 11.2. The fourth-order valence-electron chi connectivity index (χ4n) is 4.11. The highest BCUT2D eigenvalue weighted by atomic mass is 16.5. The second-order valence-corrected chi connectivity index (χ2v) is 7.35. The van der Waals surface area contributed by atoms with Crippen molar-refractivity contribution in [1.29, 1.82) is 0 Å². The summed E-state index contributed by atoms with van der Waals surface area (Å²) < 4.78 is 6.32. The predicted octanol–water partition coefficient (Wildman–Crippen LogP) is 5.35. The van der Waals surface area contributed by atoms with Crippen molar-refractivity contribution in [1.82, 2.24) is 0 Å². The SMILES string of the molecule is CCCCCc1cc(O)c2c(c1)OC(C)(C)[C@@H]1CC=CC[C@@H]21. The molecule has 22 heavy (non-hydrogen) atoms. The molecule has 2 nitrogen and oxygen atoms in total. The lowest BCUT2D eigenvalue weighted by Gasteiger charge is -2.46. The highest BCUT2D eigenvalue weighted by molar-refractivity contribution is 5.52. The van der Waals surface area contributed by atoms with E-state index in [9.17, 15) is 5.11 Å². The largest absolute Gasteiger partial charge is 0.508 e. The number of aromatic hydroxyl groups is 1. The number of fused-ring (bicyclic) bond motifs is 3. The van der Waals surface area contributed by atoms with Gasteiger partial charge in [0.2, 0.25) is 0 Å². The van der Waals surface area contributed by atoms with Crippen LogP contribution in [0, 0.1) is 5.92 Å². The van der Waals surface area contributed by atoms with Gasteiger partial charge in [-0.1, -0.05) is 31.9 Å². The van der Waals surface area contributed by atoms with Gasteiger partial charge in [0.15, 0.2) is 0 Å². The monoisotopic (exact) mass is 300 g/mol. The fourth-order valence-corrected chi connectivity index (χ4v) is 4.11. The zero-order valence-corrected chi connectivity index (χ0v) is 14.1. The van der Waals surface area contributed by atoms with Gasteiger partial charge in [-0.05, 0) is 57.2 Å². The molecule has 0 unspecified atom stereocenters. The van der Waals surface area contributed by atoms with Crippen LogP contribution in [0.25, 0.3) is 0 Å². The molecule has 1 aliphatic heterocycles. The lowest BCUT2D eigenvalue weighted by Crippen LogP contribution is -2.45. The van der Waals surface area contributed by atoms with Crippen molar-refractivity contribution in [2.75, 3.05) is 0 Å². The Morgan fingerprint density at radius 1 is 1.18 bits per heavy atom. The Hall–Kier alpha value is -1.44. The number of rotatable bonds is 4. The number of phenolic OH excluding ortho intramolecular Hbond substituents is 1. The molecule has 1 N–H and O–H groups in total. The maximum atomic E-state index is 10.6. The third kappa shape index (κ3) is 2.76. The van der Waals surface area contributed by atoms with Gasteiger partial charge >= 0.3 is 0 Å². The Bertz CT molecular complexity index is 571. The number of hydrogen-bond acceptors (Lipinski definition) is 2. The smallest absolute Gasteiger partial charge is 0.127 e. The average Bonchev–Trinajstić information content (AvgIpc) is 2.46. The van der Waals surface area contributed by atoms with Gasteiger partial charge in [-0.2, -0.15) is 0 Å². The Morgan fingerprint density at radius 2 is 1.95 bits per heavy atom. The number of benzene rings is 1. The van der Waals surface area contributed by atoms with E-state index >= 15 is 0 Å². The standard InChI is InChI=1S/C20H28O2/c1-4-5-6-9-14-12-17(21)19-15-10-7-8-11-16(15)20(2,3)22-18(19)13-14/h7-8,12-13,15-16,21H,4-6,9-11H2,1-3H3/t15-,16-/m1/s1. The first-order valence-corrected chi connectivity index (χ1v) is 8.72. The molecular formula is C20H28O2. The van der Waals surface area contributed by atoms with Crippen molar-refractivity contribution < 1.29 is 9.84 Å². The van der Waals surface area contributed by atoms with E-state index in [4.69, 9.17) is 4.74 Å². The molecule has 2 atom stereocenters. The summed E-state index contributed by atoms with van der Waals surface area (Å²) in [6.45, 7) is 6.59. The molecule has 0 spiro atoms. The van der Waals surface area contributed by atoms with Crippen molar-refractivity contribution in [2.45, 2.75) is 70.8 Å². The maximum absolute atomic E-state index is 10.6. The van der Waals surface area contributed by atoms with Crippen LogP contribution in [0.3, 0.4) is 0 Å². The van der Waals surface area contributed by atoms with Gasteiger partial charge in [0.05, 0.1) is 0 Å². The number of phenols is 1. The van der Waals surface area contributed by atoms with Crippen LogP contribution < -0.4 is 4.74 Å². The fraction of sp³-hybridized carbons (Fsp3) is 0.600. The molecule has 3 rings (SSSR count). The van der Waals surface area contributed by atoms with Crippen LogP contribution in [0.5, 0.6) is 11.5 Å². The normalized spacial score (nSPS) is 25.2. The van der Waals surface area contributed by atoms with Crippen molar-refractivity contribution >= 4 is 0 Å². The van der Waals surface area contributed by atoms with E-state index in [1.807, 2.05) is 6.07 Å². The number of hydrogen-bond donors (Lipinski definition) is 1. The third-order valence-electron chi connectivity index (χ3n) is 5.32. The van der Waals surface area contributed by atoms with Crippen molar-refractivity contribution in [3.63, 3.8) is 0 Å². The van der Waals surface area contributed by atoms with E-state index in [0.717, 1.165) is 30.6 Å². The van der Waals surface area contributed by atoms with Crippen LogP contribution in [-0.4, -0.2) is 10.7 Å². The van der Waals surface area contributed by atoms with Gasteiger partial charge in [-0.25, -0.2) is 0 Å². The second-order valence-electron chi connectivity index (χ2n) is 7.35. The summed E-state index contributed by atoms with van der Waals surface area (Å²) in [4.78, 5) is 0. The van der Waals surface area contributed by atoms with Gasteiger partial charge in [0.1, 0.15) is 17.1 Å². The van der Waals surface area contributed by atoms with Crippen LogP contribution in [0.1, 0.15) is 69.9 Å². The molecule has 1 aliphatic carbocycles. The first kappa shape index (κ1) is 15.5. The zero-order chi connectivity index (χ0) is 15.7. The molecule has 1 heterocycles. The Kier molecular flexibility index (Phi) is 4.20. The van der Waals surface area contributed by atoms with E-state index in [2.05, 4.69) is 39.0 Å². The molecule has 2 aliphatic rings. The molecule has 0 saturated carbocycles. The predicted molar refractivity (Wildman–Crippen MR) is 90.6 cm³/mol. The van der Waals surface area contributed by atoms with Crippen molar-refractivity contribution in [3.8, 4) is 11.5 Å². The molecule has 0 amide bonds. The molecule has 120 valence electrons. The van der Waals surface area contributed by atoms with Crippen LogP contribution in [0.2, 0.25) is 0 Å². The van der Waals surface area contributed by atoms with Gasteiger partial charge in [-0.15, -0.1) is 0 Å². The lowest BCUT2D eigenvalue weighted by atomic mass is 9.68. The maximum Gasteiger partial charge on any atom is 0.127 e. The van der Waals surface area contributed by atoms with Crippen LogP contribution in [-0.2, 0) is 6.42 Å². The Morgan fingerprint density at radius 3 is 2.73 bits per heavy atom. The molecular weight excluding hydrogens is 272 g/mol. The summed E-state index contributed by atoms with van der Waals surface area (Å²) in [5.41, 5.74) is 2.06. The number of unbranched alkanes of at least 4 members (excludes halogenated alkanes) is 2. The minimum atomic E-state index is -0.170. The summed E-state index contributed by atoms with van der Waals surface area (Å²) >= 11 is 0. The first-order valence-electron chi connectivity index (χ1n) is 8.72. The minimum Gasteiger partial charge on any atom is -0.508 e. The zero-order valence-electron chi connectivity index (χ0n) is 14.1. The molecule has 0 fully saturated rings. The second kappa shape index (κ2) is 5.98. The number of aryl methyl sites for hydroxylation is 1. The van der Waals surface area contributed by atoms with Gasteiger partial charge < -0.3 is 9.84 Å². The number of allylic oxidation sites excluding steroid dienone is 2. The summed E-state index contributed by atoms with van der Waals surface area (Å²) in [6, 6.07) is 4.13. The molecule has 0 aromatic heterocycles. The molecule has 1 aromatic carbocycles. The quantitative estimate of drug-likeness (QED) is 0.600. The van der Waals surface area contributed by atoms with Crippen LogP contribution in [0.15, 0.2) is 24.3 Å². The van der Waals surface area contributed by atoms with E-state index in [0.29, 0.717) is 17.6 Å². The van der Waals surface area contributed by atoms with Crippen LogP contribution >= 0.6 is 0 Å². The lowest BCUT2D eigenvalue weighted by molar-refractivity contribution is 0.00842. The highest BCUT2D eigenvalue weighted by Crippen LogP contribution is 2.53. The first-order chi connectivity index (χ1) is 10.5. The van der Waals surface area contributed by atoms with E-state index in [1.54, 1.807) is 0 Å². The third-order valence-corrected chi connectivity index (χ3v) is 5.32. The molecule has 0 bridgehead atoms. The van der Waals surface area contributed by atoms with E-state index < -0.39 is 0 Å². The summed E-state index contributed by atoms with van der Waals surface area (Å²) in [5.74, 6) is 2.17. The van der Waals surface area contributed by atoms with Crippen molar-refractivity contribution in [2.24, 2.45) is 5.92 Å². The Labute approximate surface area is 134 Å². The van der Waals surface area contributed by atoms with Gasteiger partial charge in [0, 0.05) is 17.4 Å². The topological polar surface area (TPSA) is 29.5 Å². The summed E-state index contributed by atoms with van der Waals surface area (Å²) in [7, 11) is 0. The summed E-state index contributed by atoms with van der Waals surface area (Å²) in [5, 5.41) is 10.6. The molecule has 2 heteroatoms. The Balaban J connectivity index is 1.95.